The molecule has 8 aliphatic rings. The van der Waals surface area contributed by atoms with Gasteiger partial charge in [-0.05, 0) is 175 Å². The fraction of sp³-hybridized carbons (Fsp3) is 0.941. The number of carbonyl (C=O) groups is 2. The Bertz CT molecular complexity index is 731. The van der Waals surface area contributed by atoms with Gasteiger partial charge in [0.15, 0.2) is 0 Å². The maximum absolute atomic E-state index is 12.6. The van der Waals surface area contributed by atoms with Crippen LogP contribution in [0.5, 0.6) is 0 Å². The minimum absolute atomic E-state index is 0.301. The molecule has 0 atom stereocenters. The first kappa shape index (κ1) is 29.0. The SMILES string of the molecule is O=C(CC12CC3CC(CC(C3)C1)C2)NCCCNCCCCNCCCNC(=O)CC12CC3CC(CC(C3)C1)C2. The first-order valence-electron chi connectivity index (χ1n) is 17.4. The largest absolute Gasteiger partial charge is 0.356 e. The van der Waals surface area contributed by atoms with Crippen LogP contribution in [0.1, 0.15) is 116 Å². The van der Waals surface area contributed by atoms with E-state index in [2.05, 4.69) is 21.3 Å². The van der Waals surface area contributed by atoms with Crippen LogP contribution in [0.2, 0.25) is 0 Å². The van der Waals surface area contributed by atoms with E-state index >= 15 is 0 Å². The summed E-state index contributed by atoms with van der Waals surface area (Å²) in [5.74, 6) is 6.14. The van der Waals surface area contributed by atoms with E-state index in [4.69, 9.17) is 0 Å². The van der Waals surface area contributed by atoms with E-state index in [1.54, 1.807) is 0 Å². The predicted octanol–water partition coefficient (Wildman–Crippen LogP) is 5.17. The summed E-state index contributed by atoms with van der Waals surface area (Å²) in [5, 5.41) is 13.5. The molecule has 0 unspecified atom stereocenters. The molecule has 0 radical (unpaired) electrons. The van der Waals surface area contributed by atoms with Crippen molar-refractivity contribution in [3.63, 3.8) is 0 Å². The molecule has 6 nitrogen and oxygen atoms in total. The first-order chi connectivity index (χ1) is 19.5. The molecule has 2 amide bonds. The van der Waals surface area contributed by atoms with E-state index in [0.717, 1.165) is 100 Å². The van der Waals surface area contributed by atoms with E-state index in [9.17, 15) is 9.59 Å². The fourth-order valence-electron chi connectivity index (χ4n) is 11.5. The summed E-state index contributed by atoms with van der Waals surface area (Å²) in [4.78, 5) is 25.3. The van der Waals surface area contributed by atoms with Gasteiger partial charge in [-0.25, -0.2) is 0 Å². The molecule has 8 aliphatic carbocycles. The Kier molecular flexibility index (Phi) is 9.42. The van der Waals surface area contributed by atoms with Crippen molar-refractivity contribution in [1.29, 1.82) is 0 Å². The third-order valence-electron chi connectivity index (χ3n) is 12.1. The van der Waals surface area contributed by atoms with Gasteiger partial charge in [-0.3, -0.25) is 9.59 Å². The minimum Gasteiger partial charge on any atom is -0.356 e. The van der Waals surface area contributed by atoms with Crippen molar-refractivity contribution in [3.05, 3.63) is 0 Å². The number of carbonyl (C=O) groups excluding carboxylic acids is 2. The maximum Gasteiger partial charge on any atom is 0.220 e. The van der Waals surface area contributed by atoms with Crippen LogP contribution in [-0.2, 0) is 9.59 Å². The van der Waals surface area contributed by atoms with Crippen LogP contribution in [0.25, 0.3) is 0 Å². The highest BCUT2D eigenvalue weighted by Gasteiger charge is 2.52. The molecule has 226 valence electrons. The zero-order valence-electron chi connectivity index (χ0n) is 25.3. The molecule has 0 aromatic heterocycles. The molecule has 0 aromatic carbocycles. The molecule has 0 spiro atoms. The Morgan fingerprint density at radius 1 is 0.450 bits per heavy atom. The Morgan fingerprint density at radius 2 is 0.750 bits per heavy atom. The second-order valence-electron chi connectivity index (χ2n) is 15.8. The van der Waals surface area contributed by atoms with E-state index in [1.807, 2.05) is 0 Å². The van der Waals surface area contributed by atoms with Crippen molar-refractivity contribution in [3.8, 4) is 0 Å². The summed E-state index contributed by atoms with van der Waals surface area (Å²) in [6, 6.07) is 0. The molecule has 8 bridgehead atoms. The summed E-state index contributed by atoms with van der Waals surface area (Å²) >= 11 is 0. The minimum atomic E-state index is 0.301. The zero-order valence-corrected chi connectivity index (χ0v) is 25.3. The van der Waals surface area contributed by atoms with Crippen molar-refractivity contribution in [2.45, 2.75) is 116 Å². The van der Waals surface area contributed by atoms with Crippen LogP contribution in [0.3, 0.4) is 0 Å². The summed E-state index contributed by atoms with van der Waals surface area (Å²) in [7, 11) is 0. The molecule has 40 heavy (non-hydrogen) atoms. The number of unbranched alkanes of at least 4 members (excludes halogenated alkanes) is 1. The van der Waals surface area contributed by atoms with Gasteiger partial charge in [-0.15, -0.1) is 0 Å². The van der Waals surface area contributed by atoms with Crippen LogP contribution in [0.4, 0.5) is 0 Å². The van der Waals surface area contributed by atoms with E-state index in [-0.39, 0.29) is 0 Å². The average Bonchev–Trinajstić information content (AvgIpc) is 2.86. The molecular weight excluding hydrogens is 496 g/mol. The van der Waals surface area contributed by atoms with Crippen LogP contribution < -0.4 is 21.3 Å². The molecule has 8 saturated carbocycles. The topological polar surface area (TPSA) is 82.3 Å². The third-order valence-corrected chi connectivity index (χ3v) is 12.1. The lowest BCUT2D eigenvalue weighted by Crippen LogP contribution is -2.48. The molecule has 0 saturated heterocycles. The third kappa shape index (κ3) is 7.43. The highest BCUT2D eigenvalue weighted by Crippen LogP contribution is 2.62. The standard InChI is InChI=1S/C34H58N4O2/c39-31(23-33-17-25-11-26(18-33)13-27(12-25)19-33)37-9-3-7-35-5-1-2-6-36-8-4-10-38-32(40)24-34-20-28-14-29(21-34)16-30(15-28)22-34/h25-30,35-36H,1-24H2,(H,37,39)(H,38,40). The lowest BCUT2D eigenvalue weighted by atomic mass is 9.49. The fourth-order valence-corrected chi connectivity index (χ4v) is 11.5. The monoisotopic (exact) mass is 554 g/mol. The Hall–Kier alpha value is -1.14. The highest BCUT2D eigenvalue weighted by molar-refractivity contribution is 5.77. The lowest BCUT2D eigenvalue weighted by Gasteiger charge is -2.56. The number of hydrogen-bond acceptors (Lipinski definition) is 4. The van der Waals surface area contributed by atoms with Gasteiger partial charge in [-0.2, -0.15) is 0 Å². The van der Waals surface area contributed by atoms with Gasteiger partial charge in [-0.1, -0.05) is 0 Å². The molecule has 0 heterocycles. The predicted molar refractivity (Wildman–Crippen MR) is 161 cm³/mol. The van der Waals surface area contributed by atoms with Crippen molar-refractivity contribution in [2.75, 3.05) is 39.3 Å². The van der Waals surface area contributed by atoms with Gasteiger partial charge in [0.2, 0.25) is 11.8 Å². The quantitative estimate of drug-likeness (QED) is 0.187. The molecular formula is C34H58N4O2. The van der Waals surface area contributed by atoms with Crippen LogP contribution in [0.15, 0.2) is 0 Å². The van der Waals surface area contributed by atoms with Gasteiger partial charge in [0.1, 0.15) is 0 Å². The van der Waals surface area contributed by atoms with E-state index < -0.39 is 0 Å². The van der Waals surface area contributed by atoms with Gasteiger partial charge in [0.05, 0.1) is 0 Å². The van der Waals surface area contributed by atoms with Crippen molar-refractivity contribution < 1.29 is 9.59 Å². The second kappa shape index (κ2) is 13.0. The molecule has 6 heteroatoms. The summed E-state index contributed by atoms with van der Waals surface area (Å²) in [6.45, 7) is 5.66. The van der Waals surface area contributed by atoms with Gasteiger partial charge >= 0.3 is 0 Å². The number of rotatable bonds is 17. The van der Waals surface area contributed by atoms with Gasteiger partial charge < -0.3 is 21.3 Å². The number of amides is 2. The average molecular weight is 555 g/mol. The lowest BCUT2D eigenvalue weighted by molar-refractivity contribution is -0.130. The second-order valence-corrected chi connectivity index (χ2v) is 15.8. The van der Waals surface area contributed by atoms with E-state index in [1.165, 1.54) is 89.9 Å². The van der Waals surface area contributed by atoms with Crippen LogP contribution in [-0.4, -0.2) is 51.1 Å². The number of nitrogens with one attached hydrogen (secondary N) is 4. The first-order valence-corrected chi connectivity index (χ1v) is 17.4. The zero-order chi connectivity index (χ0) is 27.4. The highest BCUT2D eigenvalue weighted by atomic mass is 16.2. The molecule has 4 N–H and O–H groups in total. The van der Waals surface area contributed by atoms with E-state index in [0.29, 0.717) is 22.6 Å². The molecule has 0 aromatic rings. The van der Waals surface area contributed by atoms with Crippen molar-refractivity contribution in [1.82, 2.24) is 21.3 Å². The maximum atomic E-state index is 12.6. The summed E-state index contributed by atoms with van der Waals surface area (Å²) < 4.78 is 0. The van der Waals surface area contributed by atoms with Gasteiger partial charge in [0, 0.05) is 25.9 Å². The van der Waals surface area contributed by atoms with Crippen LogP contribution >= 0.6 is 0 Å². The molecule has 0 aliphatic heterocycles. The summed E-state index contributed by atoms with van der Waals surface area (Å²) in [6.07, 6.45) is 22.5. The Balaban J connectivity index is 0.710. The number of hydrogen-bond donors (Lipinski definition) is 4. The van der Waals surface area contributed by atoms with Crippen molar-refractivity contribution >= 4 is 11.8 Å². The van der Waals surface area contributed by atoms with Gasteiger partial charge in [0.25, 0.3) is 0 Å². The molecule has 8 rings (SSSR count). The Morgan fingerprint density at radius 3 is 1.07 bits per heavy atom. The Labute approximate surface area is 243 Å². The smallest absolute Gasteiger partial charge is 0.220 e. The van der Waals surface area contributed by atoms with Crippen LogP contribution in [0, 0.1) is 46.3 Å². The summed E-state index contributed by atoms with van der Waals surface area (Å²) in [5.41, 5.74) is 0.708. The normalized spacial score (nSPS) is 38.6. The molecule has 8 fully saturated rings. The van der Waals surface area contributed by atoms with Crippen molar-refractivity contribution in [2.24, 2.45) is 46.3 Å².